The van der Waals surface area contributed by atoms with E-state index in [9.17, 15) is 4.79 Å². The van der Waals surface area contributed by atoms with Crippen molar-refractivity contribution in [2.24, 2.45) is 5.92 Å². The molecule has 0 aliphatic carbocycles. The molecule has 2 aliphatic heterocycles. The molecule has 0 radical (unpaired) electrons. The van der Waals surface area contributed by atoms with Gasteiger partial charge >= 0.3 is 0 Å². The Morgan fingerprint density at radius 2 is 2.10 bits per heavy atom. The molecule has 0 aromatic rings. The normalized spacial score (nSPS) is 27.4. The summed E-state index contributed by atoms with van der Waals surface area (Å²) >= 11 is 0. The first kappa shape index (κ1) is 16.8. The monoisotopic (exact) mass is 295 g/mol. The summed E-state index contributed by atoms with van der Waals surface area (Å²) in [5.41, 5.74) is 0. The third-order valence-electron chi connectivity index (χ3n) is 4.95. The van der Waals surface area contributed by atoms with Crippen LogP contribution in [-0.2, 0) is 4.79 Å². The maximum absolute atomic E-state index is 12.6. The molecule has 4 nitrogen and oxygen atoms in total. The van der Waals surface area contributed by atoms with Crippen molar-refractivity contribution in [2.75, 3.05) is 32.7 Å². The smallest absolute Gasteiger partial charge is 0.236 e. The molecular weight excluding hydrogens is 262 g/mol. The summed E-state index contributed by atoms with van der Waals surface area (Å²) in [4.78, 5) is 17.0. The molecule has 0 aromatic carbocycles. The molecule has 1 amide bonds. The number of hydrogen-bond donors (Lipinski definition) is 1. The number of hydrogen-bond acceptors (Lipinski definition) is 3. The molecule has 0 aromatic heterocycles. The van der Waals surface area contributed by atoms with Crippen LogP contribution in [0, 0.1) is 5.92 Å². The van der Waals surface area contributed by atoms with E-state index in [1.54, 1.807) is 0 Å². The van der Waals surface area contributed by atoms with E-state index in [-0.39, 0.29) is 0 Å². The molecule has 4 heteroatoms. The molecule has 21 heavy (non-hydrogen) atoms. The summed E-state index contributed by atoms with van der Waals surface area (Å²) in [5.74, 6) is 0.987. The van der Waals surface area contributed by atoms with Crippen molar-refractivity contribution in [1.82, 2.24) is 15.1 Å². The number of carbonyl (C=O) groups is 1. The Labute approximate surface area is 130 Å². The van der Waals surface area contributed by atoms with Crippen LogP contribution in [0.1, 0.15) is 52.9 Å². The van der Waals surface area contributed by atoms with Crippen molar-refractivity contribution in [1.29, 1.82) is 0 Å². The van der Waals surface area contributed by atoms with Crippen LogP contribution >= 0.6 is 0 Å². The zero-order chi connectivity index (χ0) is 15.2. The maximum Gasteiger partial charge on any atom is 0.236 e. The van der Waals surface area contributed by atoms with E-state index >= 15 is 0 Å². The lowest BCUT2D eigenvalue weighted by Crippen LogP contribution is -2.50. The number of likely N-dealkylation sites (tertiary alicyclic amines) is 1. The lowest BCUT2D eigenvalue weighted by molar-refractivity contribution is -0.134. The maximum atomic E-state index is 12.6. The molecule has 2 aliphatic rings. The molecule has 2 fully saturated rings. The summed E-state index contributed by atoms with van der Waals surface area (Å²) in [7, 11) is 0. The highest BCUT2D eigenvalue weighted by molar-refractivity contribution is 5.78. The number of amides is 1. The molecule has 2 unspecified atom stereocenters. The van der Waals surface area contributed by atoms with Crippen LogP contribution in [0.5, 0.6) is 0 Å². The number of nitrogens with one attached hydrogen (secondary N) is 1. The first-order valence-corrected chi connectivity index (χ1v) is 8.81. The number of rotatable bonds is 5. The Balaban J connectivity index is 1.84. The van der Waals surface area contributed by atoms with Crippen LogP contribution in [0.4, 0.5) is 0 Å². The van der Waals surface area contributed by atoms with Crippen molar-refractivity contribution < 1.29 is 4.79 Å². The molecule has 0 bridgehead atoms. The van der Waals surface area contributed by atoms with Crippen LogP contribution in [0.3, 0.4) is 0 Å². The second kappa shape index (κ2) is 8.14. The molecular formula is C17H33N3O. The predicted molar refractivity (Wildman–Crippen MR) is 87.3 cm³/mol. The third kappa shape index (κ3) is 5.26. The zero-order valence-electron chi connectivity index (χ0n) is 14.1. The zero-order valence-corrected chi connectivity index (χ0v) is 14.1. The van der Waals surface area contributed by atoms with Gasteiger partial charge in [-0.3, -0.25) is 9.69 Å². The van der Waals surface area contributed by atoms with Crippen molar-refractivity contribution >= 4 is 5.91 Å². The molecule has 122 valence electrons. The molecule has 1 N–H and O–H groups in total. The van der Waals surface area contributed by atoms with E-state index in [0.29, 0.717) is 30.5 Å². The first-order chi connectivity index (χ1) is 10.1. The largest absolute Gasteiger partial charge is 0.341 e. The molecule has 2 rings (SSSR count). The summed E-state index contributed by atoms with van der Waals surface area (Å²) < 4.78 is 0. The lowest BCUT2D eigenvalue weighted by Gasteiger charge is -2.36. The van der Waals surface area contributed by atoms with Crippen molar-refractivity contribution in [3.05, 3.63) is 0 Å². The van der Waals surface area contributed by atoms with Gasteiger partial charge in [-0.1, -0.05) is 13.3 Å². The second-order valence-electron chi connectivity index (χ2n) is 7.26. The minimum absolute atomic E-state index is 0.325. The Bertz CT molecular complexity index is 326. The topological polar surface area (TPSA) is 35.6 Å². The van der Waals surface area contributed by atoms with E-state index in [4.69, 9.17) is 0 Å². The SMILES string of the molecule is CC1CCCN(C(=O)CN(CC2CCCCN2)C(C)C)C1. The van der Waals surface area contributed by atoms with Crippen molar-refractivity contribution in [3.63, 3.8) is 0 Å². The molecule has 2 atom stereocenters. The summed E-state index contributed by atoms with van der Waals surface area (Å²) in [6, 6.07) is 0.995. The first-order valence-electron chi connectivity index (χ1n) is 8.81. The Morgan fingerprint density at radius 3 is 2.71 bits per heavy atom. The van der Waals surface area contributed by atoms with Gasteiger partial charge < -0.3 is 10.2 Å². The standard InChI is InChI=1S/C17H33N3O/c1-14(2)20(12-16-8-4-5-9-18-16)13-17(21)19-10-6-7-15(3)11-19/h14-16,18H,4-13H2,1-3H3. The lowest BCUT2D eigenvalue weighted by atomic mass is 10.00. The van der Waals surface area contributed by atoms with Gasteiger partial charge in [0, 0.05) is 31.7 Å². The van der Waals surface area contributed by atoms with Gasteiger partial charge in [-0.05, 0) is 52.0 Å². The van der Waals surface area contributed by atoms with Crippen LogP contribution in [-0.4, -0.2) is 60.5 Å². The average Bonchev–Trinajstić information content (AvgIpc) is 2.47. The number of nitrogens with zero attached hydrogens (tertiary/aromatic N) is 2. The van der Waals surface area contributed by atoms with E-state index < -0.39 is 0 Å². The number of piperidine rings is 2. The van der Waals surface area contributed by atoms with Crippen LogP contribution in [0.15, 0.2) is 0 Å². The Hall–Kier alpha value is -0.610. The van der Waals surface area contributed by atoms with Gasteiger partial charge in [0.1, 0.15) is 0 Å². The molecule has 0 spiro atoms. The van der Waals surface area contributed by atoms with E-state index in [1.165, 1.54) is 32.1 Å². The summed E-state index contributed by atoms with van der Waals surface area (Å²) in [6.45, 7) is 11.3. The van der Waals surface area contributed by atoms with Gasteiger partial charge in [0.25, 0.3) is 0 Å². The van der Waals surface area contributed by atoms with Gasteiger partial charge in [0.15, 0.2) is 0 Å². The minimum Gasteiger partial charge on any atom is -0.341 e. The van der Waals surface area contributed by atoms with E-state index in [2.05, 4.69) is 35.9 Å². The van der Waals surface area contributed by atoms with E-state index in [0.717, 1.165) is 26.2 Å². The highest BCUT2D eigenvalue weighted by atomic mass is 16.2. The fourth-order valence-electron chi connectivity index (χ4n) is 3.51. The van der Waals surface area contributed by atoms with Gasteiger partial charge in [0.05, 0.1) is 6.54 Å². The average molecular weight is 295 g/mol. The highest BCUT2D eigenvalue weighted by Crippen LogP contribution is 2.16. The number of carbonyl (C=O) groups excluding carboxylic acids is 1. The molecule has 2 heterocycles. The fourth-order valence-corrected chi connectivity index (χ4v) is 3.51. The van der Waals surface area contributed by atoms with Gasteiger partial charge in [-0.25, -0.2) is 0 Å². The predicted octanol–water partition coefficient (Wildman–Crippen LogP) is 2.10. The van der Waals surface area contributed by atoms with Crippen molar-refractivity contribution in [2.45, 2.75) is 65.0 Å². The second-order valence-corrected chi connectivity index (χ2v) is 7.26. The van der Waals surface area contributed by atoms with Crippen LogP contribution in [0.2, 0.25) is 0 Å². The Kier molecular flexibility index (Phi) is 6.49. The van der Waals surface area contributed by atoms with Gasteiger partial charge in [-0.2, -0.15) is 0 Å². The quantitative estimate of drug-likeness (QED) is 0.844. The van der Waals surface area contributed by atoms with Crippen molar-refractivity contribution in [3.8, 4) is 0 Å². The van der Waals surface area contributed by atoms with Crippen LogP contribution in [0.25, 0.3) is 0 Å². The third-order valence-corrected chi connectivity index (χ3v) is 4.95. The fraction of sp³-hybridized carbons (Fsp3) is 0.941. The summed E-state index contributed by atoms with van der Waals surface area (Å²) in [6.07, 6.45) is 6.30. The molecule has 2 saturated heterocycles. The van der Waals surface area contributed by atoms with Gasteiger partial charge in [0.2, 0.25) is 5.91 Å². The highest BCUT2D eigenvalue weighted by Gasteiger charge is 2.25. The minimum atomic E-state index is 0.325. The van der Waals surface area contributed by atoms with Crippen LogP contribution < -0.4 is 5.32 Å². The Morgan fingerprint density at radius 1 is 1.29 bits per heavy atom. The molecule has 0 saturated carbocycles. The van der Waals surface area contributed by atoms with Gasteiger partial charge in [-0.15, -0.1) is 0 Å². The van der Waals surface area contributed by atoms with E-state index in [1.807, 2.05) is 0 Å². The summed E-state index contributed by atoms with van der Waals surface area (Å²) in [5, 5.41) is 3.60.